The molecule has 0 aliphatic rings. The van der Waals surface area contributed by atoms with Gasteiger partial charge in [0.1, 0.15) is 6.54 Å². The second kappa shape index (κ2) is 5.99. The highest BCUT2D eigenvalue weighted by Gasteiger charge is 2.21. The van der Waals surface area contributed by atoms with Gasteiger partial charge in [-0.1, -0.05) is 0 Å². The van der Waals surface area contributed by atoms with Crippen molar-refractivity contribution < 1.29 is 19.5 Å². The number of nitrogens with zero attached hydrogens (tertiary/aromatic N) is 1. The summed E-state index contributed by atoms with van der Waals surface area (Å²) in [5.41, 5.74) is 5.72. The number of carboxylic acids is 1. The third kappa shape index (κ3) is 3.80. The van der Waals surface area contributed by atoms with Crippen LogP contribution < -0.4 is 5.73 Å². The first-order chi connectivity index (χ1) is 8.82. The van der Waals surface area contributed by atoms with Gasteiger partial charge in [-0.15, -0.1) is 0 Å². The predicted octanol–water partition coefficient (Wildman–Crippen LogP) is 0.721. The van der Waals surface area contributed by atoms with Crippen LogP contribution >= 0.6 is 0 Å². The SMILES string of the molecule is CC(C)N(CC(=O)O)C(=O)c1ccc(C(N)=O)cc1. The van der Waals surface area contributed by atoms with Gasteiger partial charge < -0.3 is 15.7 Å². The topological polar surface area (TPSA) is 101 Å². The van der Waals surface area contributed by atoms with Crippen molar-refractivity contribution in [3.63, 3.8) is 0 Å². The summed E-state index contributed by atoms with van der Waals surface area (Å²) in [6.45, 7) is 3.10. The second-order valence-corrected chi connectivity index (χ2v) is 4.36. The van der Waals surface area contributed by atoms with Crippen LogP contribution in [0.25, 0.3) is 0 Å². The van der Waals surface area contributed by atoms with Crippen molar-refractivity contribution in [1.29, 1.82) is 0 Å². The van der Waals surface area contributed by atoms with E-state index < -0.39 is 17.8 Å². The van der Waals surface area contributed by atoms with E-state index in [0.29, 0.717) is 11.1 Å². The molecule has 0 heterocycles. The van der Waals surface area contributed by atoms with Gasteiger partial charge >= 0.3 is 5.97 Å². The number of amides is 2. The zero-order chi connectivity index (χ0) is 14.6. The van der Waals surface area contributed by atoms with Crippen molar-refractivity contribution >= 4 is 17.8 Å². The Kier molecular flexibility index (Phi) is 4.63. The van der Waals surface area contributed by atoms with Crippen LogP contribution in [0.3, 0.4) is 0 Å². The van der Waals surface area contributed by atoms with Crippen LogP contribution in [-0.2, 0) is 4.79 Å². The van der Waals surface area contributed by atoms with Gasteiger partial charge in [-0.25, -0.2) is 0 Å². The van der Waals surface area contributed by atoms with Gasteiger partial charge in [0.15, 0.2) is 0 Å². The average Bonchev–Trinajstić information content (AvgIpc) is 2.34. The lowest BCUT2D eigenvalue weighted by atomic mass is 10.1. The summed E-state index contributed by atoms with van der Waals surface area (Å²) in [6.07, 6.45) is 0. The second-order valence-electron chi connectivity index (χ2n) is 4.36. The van der Waals surface area contributed by atoms with Gasteiger partial charge in [-0.3, -0.25) is 14.4 Å². The predicted molar refractivity (Wildman–Crippen MR) is 68.8 cm³/mol. The van der Waals surface area contributed by atoms with Crippen LogP contribution in [0.4, 0.5) is 0 Å². The third-order valence-electron chi connectivity index (χ3n) is 2.61. The molecule has 2 amide bonds. The van der Waals surface area contributed by atoms with E-state index in [1.165, 1.54) is 29.2 Å². The van der Waals surface area contributed by atoms with Gasteiger partial charge in [0.25, 0.3) is 5.91 Å². The van der Waals surface area contributed by atoms with Gasteiger partial charge in [0.2, 0.25) is 5.91 Å². The van der Waals surface area contributed by atoms with E-state index in [-0.39, 0.29) is 12.6 Å². The summed E-state index contributed by atoms with van der Waals surface area (Å²) in [5, 5.41) is 8.79. The molecule has 0 bridgehead atoms. The largest absolute Gasteiger partial charge is 0.480 e. The van der Waals surface area contributed by atoms with Crippen molar-refractivity contribution in [2.45, 2.75) is 19.9 Å². The van der Waals surface area contributed by atoms with Crippen molar-refractivity contribution in [3.8, 4) is 0 Å². The molecule has 19 heavy (non-hydrogen) atoms. The number of primary amides is 1. The molecule has 102 valence electrons. The first-order valence-electron chi connectivity index (χ1n) is 5.75. The van der Waals surface area contributed by atoms with Gasteiger partial charge in [0.05, 0.1) is 0 Å². The van der Waals surface area contributed by atoms with Crippen LogP contribution in [0, 0.1) is 0 Å². The maximum atomic E-state index is 12.1. The molecule has 0 saturated carbocycles. The van der Waals surface area contributed by atoms with Crippen LogP contribution in [0.2, 0.25) is 0 Å². The molecule has 0 spiro atoms. The maximum absolute atomic E-state index is 12.1. The summed E-state index contributed by atoms with van der Waals surface area (Å²) >= 11 is 0. The fourth-order valence-electron chi connectivity index (χ4n) is 1.58. The Labute approximate surface area is 110 Å². The Hall–Kier alpha value is -2.37. The molecule has 0 radical (unpaired) electrons. The molecule has 1 aromatic rings. The maximum Gasteiger partial charge on any atom is 0.323 e. The van der Waals surface area contributed by atoms with E-state index in [4.69, 9.17) is 10.8 Å². The molecular formula is C13H16N2O4. The van der Waals surface area contributed by atoms with E-state index in [1.807, 2.05) is 0 Å². The van der Waals surface area contributed by atoms with E-state index in [2.05, 4.69) is 0 Å². The fraction of sp³-hybridized carbons (Fsp3) is 0.308. The van der Waals surface area contributed by atoms with Gasteiger partial charge in [-0.2, -0.15) is 0 Å². The number of carboxylic acid groups (broad SMARTS) is 1. The molecule has 1 aromatic carbocycles. The molecule has 0 aliphatic heterocycles. The van der Waals surface area contributed by atoms with Crippen LogP contribution in [0.5, 0.6) is 0 Å². The average molecular weight is 264 g/mol. The molecule has 0 aliphatic carbocycles. The van der Waals surface area contributed by atoms with Gasteiger partial charge in [-0.05, 0) is 38.1 Å². The standard InChI is InChI=1S/C13H16N2O4/c1-8(2)15(7-11(16)17)13(19)10-5-3-9(4-6-10)12(14)18/h3-6,8H,7H2,1-2H3,(H2,14,18)(H,16,17). The minimum atomic E-state index is -1.07. The summed E-state index contributed by atoms with van der Waals surface area (Å²) in [6, 6.07) is 5.56. The van der Waals surface area contributed by atoms with E-state index in [0.717, 1.165) is 0 Å². The van der Waals surface area contributed by atoms with Crippen molar-refractivity contribution in [2.24, 2.45) is 5.73 Å². The Morgan fingerprint density at radius 2 is 1.63 bits per heavy atom. The normalized spacial score (nSPS) is 10.3. The Bertz CT molecular complexity index is 494. The number of hydrogen-bond donors (Lipinski definition) is 2. The monoisotopic (exact) mass is 264 g/mol. The molecule has 0 aromatic heterocycles. The number of nitrogens with two attached hydrogens (primary N) is 1. The molecule has 3 N–H and O–H groups in total. The lowest BCUT2D eigenvalue weighted by Gasteiger charge is -2.24. The number of hydrogen-bond acceptors (Lipinski definition) is 3. The summed E-state index contributed by atoms with van der Waals surface area (Å²) in [4.78, 5) is 35.0. The molecule has 0 unspecified atom stereocenters. The summed E-state index contributed by atoms with van der Waals surface area (Å²) in [5.74, 6) is -2.05. The molecule has 0 fully saturated rings. The molecule has 6 nitrogen and oxygen atoms in total. The van der Waals surface area contributed by atoms with Crippen LogP contribution in [0.1, 0.15) is 34.6 Å². The molecule has 0 atom stereocenters. The molecule has 0 saturated heterocycles. The Morgan fingerprint density at radius 3 is 2.00 bits per heavy atom. The quantitative estimate of drug-likeness (QED) is 0.818. The minimum Gasteiger partial charge on any atom is -0.480 e. The minimum absolute atomic E-state index is 0.237. The molecule has 6 heteroatoms. The van der Waals surface area contributed by atoms with E-state index in [1.54, 1.807) is 13.8 Å². The Balaban J connectivity index is 2.96. The highest BCUT2D eigenvalue weighted by molar-refractivity contribution is 5.98. The lowest BCUT2D eigenvalue weighted by Crippen LogP contribution is -2.40. The highest BCUT2D eigenvalue weighted by atomic mass is 16.4. The first-order valence-corrected chi connectivity index (χ1v) is 5.75. The molecule has 1 rings (SSSR count). The highest BCUT2D eigenvalue weighted by Crippen LogP contribution is 2.10. The van der Waals surface area contributed by atoms with Crippen molar-refractivity contribution in [3.05, 3.63) is 35.4 Å². The lowest BCUT2D eigenvalue weighted by molar-refractivity contribution is -0.138. The zero-order valence-corrected chi connectivity index (χ0v) is 10.8. The van der Waals surface area contributed by atoms with Gasteiger partial charge in [0, 0.05) is 17.2 Å². The van der Waals surface area contributed by atoms with E-state index in [9.17, 15) is 14.4 Å². The molecular weight excluding hydrogens is 248 g/mol. The van der Waals surface area contributed by atoms with Crippen LogP contribution in [0.15, 0.2) is 24.3 Å². The van der Waals surface area contributed by atoms with Crippen LogP contribution in [-0.4, -0.2) is 40.4 Å². The fourth-order valence-corrected chi connectivity index (χ4v) is 1.58. The summed E-state index contributed by atoms with van der Waals surface area (Å²) in [7, 11) is 0. The number of benzene rings is 1. The smallest absolute Gasteiger partial charge is 0.323 e. The zero-order valence-electron chi connectivity index (χ0n) is 10.8. The number of rotatable bonds is 5. The Morgan fingerprint density at radius 1 is 1.16 bits per heavy atom. The third-order valence-corrected chi connectivity index (χ3v) is 2.61. The van der Waals surface area contributed by atoms with Crippen molar-refractivity contribution in [2.75, 3.05) is 6.54 Å². The number of carbonyl (C=O) groups excluding carboxylic acids is 2. The summed E-state index contributed by atoms with van der Waals surface area (Å²) < 4.78 is 0. The first kappa shape index (κ1) is 14.7. The number of carbonyl (C=O) groups is 3. The van der Waals surface area contributed by atoms with E-state index >= 15 is 0 Å². The number of aliphatic carboxylic acids is 1. The van der Waals surface area contributed by atoms with Crippen molar-refractivity contribution in [1.82, 2.24) is 4.90 Å².